The summed E-state index contributed by atoms with van der Waals surface area (Å²) in [5, 5.41) is 9.14. The smallest absolute Gasteiger partial charge is 0.127 e. The van der Waals surface area contributed by atoms with Crippen LogP contribution in [0.4, 0.5) is 0 Å². The van der Waals surface area contributed by atoms with Gasteiger partial charge in [0.15, 0.2) is 0 Å². The topological polar surface area (TPSA) is 41.9 Å². The van der Waals surface area contributed by atoms with Gasteiger partial charge in [0, 0.05) is 43.2 Å². The summed E-state index contributed by atoms with van der Waals surface area (Å²) in [4.78, 5) is 2.17. The van der Waals surface area contributed by atoms with Crippen LogP contribution < -0.4 is 4.74 Å². The zero-order chi connectivity index (χ0) is 13.7. The summed E-state index contributed by atoms with van der Waals surface area (Å²) < 4.78 is 11.9. The van der Waals surface area contributed by atoms with Crippen LogP contribution in [0.25, 0.3) is 0 Å². The summed E-state index contributed by atoms with van der Waals surface area (Å²) in [7, 11) is 1.69. The van der Waals surface area contributed by atoms with Gasteiger partial charge < -0.3 is 14.6 Å². The van der Waals surface area contributed by atoms with Gasteiger partial charge in [-0.25, -0.2) is 0 Å². The number of aliphatic hydroxyl groups excluding tert-OH is 1. The number of benzene rings is 1. The molecule has 2 rings (SSSR count). The summed E-state index contributed by atoms with van der Waals surface area (Å²) in [5.74, 6) is 1.02. The Morgan fingerprint density at radius 1 is 1.42 bits per heavy atom. The lowest BCUT2D eigenvalue weighted by atomic mass is 10.1. The number of ether oxygens (including phenoxy) is 2. The van der Waals surface area contributed by atoms with E-state index in [1.807, 2.05) is 0 Å². The van der Waals surface area contributed by atoms with Gasteiger partial charge >= 0.3 is 0 Å². The molecule has 0 spiro atoms. The molecule has 0 saturated carbocycles. The van der Waals surface area contributed by atoms with E-state index in [0.29, 0.717) is 13.2 Å². The maximum Gasteiger partial charge on any atom is 0.127 e. The molecule has 106 valence electrons. The molecule has 1 N–H and O–H groups in total. The van der Waals surface area contributed by atoms with Crippen molar-refractivity contribution in [2.75, 3.05) is 40.0 Å². The van der Waals surface area contributed by atoms with E-state index >= 15 is 0 Å². The maximum absolute atomic E-state index is 9.14. The molecule has 0 atom stereocenters. The molecule has 19 heavy (non-hydrogen) atoms. The normalized spacial score (nSPS) is 13.7. The highest BCUT2D eigenvalue weighted by atomic mass is 79.9. The van der Waals surface area contributed by atoms with Crippen LogP contribution in [0.15, 0.2) is 16.6 Å². The van der Waals surface area contributed by atoms with Gasteiger partial charge in [-0.05, 0) is 17.7 Å². The molecule has 0 unspecified atom stereocenters. The molecular weight excluding hydrogens is 310 g/mol. The molecule has 1 aliphatic rings. The number of hydrogen-bond donors (Lipinski definition) is 1. The van der Waals surface area contributed by atoms with E-state index in [2.05, 4.69) is 33.0 Å². The lowest BCUT2D eigenvalue weighted by Crippen LogP contribution is -2.30. The Morgan fingerprint density at radius 3 is 3.00 bits per heavy atom. The molecule has 4 nitrogen and oxygen atoms in total. The van der Waals surface area contributed by atoms with Crippen molar-refractivity contribution in [1.82, 2.24) is 4.90 Å². The highest BCUT2D eigenvalue weighted by Crippen LogP contribution is 2.33. The van der Waals surface area contributed by atoms with Crippen LogP contribution in [0, 0.1) is 0 Å². The van der Waals surface area contributed by atoms with Gasteiger partial charge in [0.05, 0.1) is 19.8 Å². The molecule has 1 aromatic rings. The average Bonchev–Trinajstić information content (AvgIpc) is 2.84. The van der Waals surface area contributed by atoms with Crippen molar-refractivity contribution in [2.45, 2.75) is 13.0 Å². The number of halogens is 1. The van der Waals surface area contributed by atoms with Gasteiger partial charge in [0.25, 0.3) is 0 Å². The van der Waals surface area contributed by atoms with Gasteiger partial charge in [-0.1, -0.05) is 15.9 Å². The minimum Gasteiger partial charge on any atom is -0.493 e. The van der Waals surface area contributed by atoms with E-state index in [-0.39, 0.29) is 6.61 Å². The number of aliphatic hydroxyl groups is 1. The molecule has 0 saturated heterocycles. The molecule has 0 amide bonds. The maximum atomic E-state index is 9.14. The minimum atomic E-state index is 0.154. The third-order valence-electron chi connectivity index (χ3n) is 3.25. The van der Waals surface area contributed by atoms with Crippen LogP contribution in [0.3, 0.4) is 0 Å². The average molecular weight is 330 g/mol. The highest BCUT2D eigenvalue weighted by molar-refractivity contribution is 9.10. The van der Waals surface area contributed by atoms with Crippen molar-refractivity contribution in [3.8, 4) is 5.75 Å². The van der Waals surface area contributed by atoms with Crippen LogP contribution in [-0.2, 0) is 17.7 Å². The second kappa shape index (κ2) is 7.24. The van der Waals surface area contributed by atoms with E-state index in [9.17, 15) is 0 Å². The van der Waals surface area contributed by atoms with E-state index in [0.717, 1.165) is 36.3 Å². The predicted octanol–water partition coefficient (Wildman–Crippen LogP) is 1.82. The summed E-state index contributed by atoms with van der Waals surface area (Å²) in [5.41, 5.74) is 2.44. The van der Waals surface area contributed by atoms with Crippen LogP contribution >= 0.6 is 15.9 Å². The Morgan fingerprint density at radius 2 is 2.26 bits per heavy atom. The molecule has 0 aliphatic carbocycles. The summed E-state index contributed by atoms with van der Waals surface area (Å²) in [6.07, 6.45) is 0.972. The molecule has 0 fully saturated rings. The highest BCUT2D eigenvalue weighted by Gasteiger charge is 2.19. The Kier molecular flexibility index (Phi) is 5.63. The molecule has 5 heteroatoms. The fourth-order valence-electron chi connectivity index (χ4n) is 2.34. The fraction of sp³-hybridized carbons (Fsp3) is 0.571. The Balaban J connectivity index is 2.12. The first-order valence-corrected chi connectivity index (χ1v) is 7.30. The van der Waals surface area contributed by atoms with E-state index in [1.165, 1.54) is 11.1 Å². The SMILES string of the molecule is COCCN(CCO)Cc1cc(Br)cc2c1OCC2. The second-order valence-corrected chi connectivity index (χ2v) is 5.56. The molecule has 1 aromatic carbocycles. The first-order valence-electron chi connectivity index (χ1n) is 6.51. The minimum absolute atomic E-state index is 0.154. The zero-order valence-electron chi connectivity index (χ0n) is 11.2. The van der Waals surface area contributed by atoms with Gasteiger partial charge in [-0.3, -0.25) is 4.90 Å². The lowest BCUT2D eigenvalue weighted by Gasteiger charge is -2.22. The third-order valence-corrected chi connectivity index (χ3v) is 3.70. The predicted molar refractivity (Wildman–Crippen MR) is 77.6 cm³/mol. The quantitative estimate of drug-likeness (QED) is 0.828. The van der Waals surface area contributed by atoms with Crippen LogP contribution in [0.2, 0.25) is 0 Å². The number of hydrogen-bond acceptors (Lipinski definition) is 4. The van der Waals surface area contributed by atoms with Gasteiger partial charge in [-0.15, -0.1) is 0 Å². The molecule has 1 aliphatic heterocycles. The molecule has 0 bridgehead atoms. The summed E-state index contributed by atoms with van der Waals surface area (Å²) in [6.45, 7) is 3.80. The van der Waals surface area contributed by atoms with E-state index < -0.39 is 0 Å². The van der Waals surface area contributed by atoms with Gasteiger partial charge in [0.2, 0.25) is 0 Å². The summed E-state index contributed by atoms with van der Waals surface area (Å²) in [6, 6.07) is 4.22. The first-order chi connectivity index (χ1) is 9.24. The third kappa shape index (κ3) is 3.92. The molecule has 1 heterocycles. The van der Waals surface area contributed by atoms with Crippen LogP contribution in [-0.4, -0.2) is 50.0 Å². The largest absolute Gasteiger partial charge is 0.493 e. The Bertz CT molecular complexity index is 425. The van der Waals surface area contributed by atoms with Crippen molar-refractivity contribution in [3.05, 3.63) is 27.7 Å². The molecule has 0 aromatic heterocycles. The van der Waals surface area contributed by atoms with Crippen molar-refractivity contribution >= 4 is 15.9 Å². The van der Waals surface area contributed by atoms with Crippen molar-refractivity contribution in [2.24, 2.45) is 0 Å². The van der Waals surface area contributed by atoms with Crippen LogP contribution in [0.1, 0.15) is 11.1 Å². The first kappa shape index (κ1) is 14.8. The second-order valence-electron chi connectivity index (χ2n) is 4.64. The number of methoxy groups -OCH3 is 1. The van der Waals surface area contributed by atoms with Gasteiger partial charge in [0.1, 0.15) is 5.75 Å². The monoisotopic (exact) mass is 329 g/mol. The number of nitrogens with zero attached hydrogens (tertiary/aromatic N) is 1. The Labute approximate surface area is 122 Å². The summed E-state index contributed by atoms with van der Waals surface area (Å²) >= 11 is 3.55. The standard InChI is InChI=1S/C14H20BrNO3/c1-18-7-4-16(3-5-17)10-12-9-13(15)8-11-2-6-19-14(11)12/h8-9,17H,2-7,10H2,1H3. The van der Waals surface area contributed by atoms with Crippen molar-refractivity contribution in [3.63, 3.8) is 0 Å². The lowest BCUT2D eigenvalue weighted by molar-refractivity contribution is 0.126. The van der Waals surface area contributed by atoms with Gasteiger partial charge in [-0.2, -0.15) is 0 Å². The van der Waals surface area contributed by atoms with E-state index in [1.54, 1.807) is 7.11 Å². The Hall–Kier alpha value is -0.620. The van der Waals surface area contributed by atoms with Crippen molar-refractivity contribution < 1.29 is 14.6 Å². The fourth-order valence-corrected chi connectivity index (χ4v) is 2.89. The van der Waals surface area contributed by atoms with E-state index in [4.69, 9.17) is 14.6 Å². The number of rotatable bonds is 7. The molecule has 0 radical (unpaired) electrons. The molecular formula is C14H20BrNO3. The van der Waals surface area contributed by atoms with Crippen molar-refractivity contribution in [1.29, 1.82) is 0 Å². The van der Waals surface area contributed by atoms with Crippen LogP contribution in [0.5, 0.6) is 5.75 Å². The zero-order valence-corrected chi connectivity index (χ0v) is 12.8. The number of fused-ring (bicyclic) bond motifs is 1.